The standard InChI is InChI=1S/C29H37N5O3S/c1-17-12-24(38-4)23(27(35)32-17)13-31-28(36)25-19(3)34(26-22(25)6-5-11-30-26)18(2)20-7-9-21(10-8-20)33-14-29(33)15-37-16-29/h5-6,11-12,18,20-21H,7-10,13-16H2,1-4H3,(H,31,36)(H,32,35)/t18-,20?,21?,33?/m1/s1. The normalized spacial score (nSPS) is 24.8. The SMILES string of the molecule is CSc1cc(C)[nH]c(=O)c1CNC(=O)c1c(C)n([C@H](C)C2CCC(N3CC34COC4)CC2)c2ncccc12. The number of ether oxygens (including phenoxy) is 1. The number of thioether (sulfide) groups is 1. The maximum atomic E-state index is 13.6. The van der Waals surface area contributed by atoms with E-state index in [1.54, 1.807) is 6.20 Å². The molecule has 0 bridgehead atoms. The van der Waals surface area contributed by atoms with E-state index in [0.717, 1.165) is 40.5 Å². The minimum absolute atomic E-state index is 0.155. The Hall–Kier alpha value is -2.62. The summed E-state index contributed by atoms with van der Waals surface area (Å²) < 4.78 is 7.75. The van der Waals surface area contributed by atoms with Crippen molar-refractivity contribution >= 4 is 28.7 Å². The third kappa shape index (κ3) is 4.28. The Kier molecular flexibility index (Phi) is 6.64. The number of nitrogens with one attached hydrogen (secondary N) is 2. The van der Waals surface area contributed by atoms with Crippen LogP contribution in [0.1, 0.15) is 66.0 Å². The molecule has 0 radical (unpaired) electrons. The number of fused-ring (bicyclic) bond motifs is 1. The predicted octanol–water partition coefficient (Wildman–Crippen LogP) is 4.20. The smallest absolute Gasteiger partial charge is 0.254 e. The highest BCUT2D eigenvalue weighted by Gasteiger charge is 2.60. The van der Waals surface area contributed by atoms with Gasteiger partial charge in [0.2, 0.25) is 0 Å². The molecule has 2 aliphatic heterocycles. The molecule has 3 fully saturated rings. The average Bonchev–Trinajstić information content (AvgIpc) is 3.59. The Labute approximate surface area is 227 Å². The van der Waals surface area contributed by atoms with Gasteiger partial charge in [-0.05, 0) is 76.8 Å². The van der Waals surface area contributed by atoms with Crippen molar-refractivity contribution in [2.75, 3.05) is 26.0 Å². The molecule has 3 aromatic rings. The molecule has 2 atom stereocenters. The van der Waals surface area contributed by atoms with Crippen LogP contribution in [-0.4, -0.2) is 62.9 Å². The van der Waals surface area contributed by atoms with Gasteiger partial charge >= 0.3 is 0 Å². The highest BCUT2D eigenvalue weighted by atomic mass is 32.2. The number of amides is 1. The number of aryl methyl sites for hydroxylation is 1. The van der Waals surface area contributed by atoms with E-state index in [2.05, 4.69) is 26.7 Å². The van der Waals surface area contributed by atoms with Gasteiger partial charge in [0.1, 0.15) is 5.65 Å². The van der Waals surface area contributed by atoms with Crippen molar-refractivity contribution in [1.82, 2.24) is 24.8 Å². The van der Waals surface area contributed by atoms with Crippen LogP contribution in [0.3, 0.4) is 0 Å². The Bertz CT molecular complexity index is 1430. The first kappa shape index (κ1) is 25.6. The molecule has 1 amide bonds. The van der Waals surface area contributed by atoms with E-state index >= 15 is 0 Å². The zero-order valence-corrected chi connectivity index (χ0v) is 23.5. The molecule has 1 unspecified atom stereocenters. The van der Waals surface area contributed by atoms with Gasteiger partial charge in [0, 0.05) is 58.6 Å². The number of hydrogen-bond acceptors (Lipinski definition) is 6. The van der Waals surface area contributed by atoms with Gasteiger partial charge in [0.05, 0.1) is 24.3 Å². The summed E-state index contributed by atoms with van der Waals surface area (Å²) in [5.74, 6) is 0.374. The molecule has 3 aromatic heterocycles. The number of H-pyrrole nitrogens is 1. The number of pyridine rings is 2. The first-order valence-electron chi connectivity index (χ1n) is 13.7. The van der Waals surface area contributed by atoms with E-state index in [9.17, 15) is 9.59 Å². The van der Waals surface area contributed by atoms with Crippen LogP contribution in [0.4, 0.5) is 0 Å². The van der Waals surface area contributed by atoms with Crippen LogP contribution < -0.4 is 10.9 Å². The van der Waals surface area contributed by atoms with Gasteiger partial charge in [-0.15, -0.1) is 11.8 Å². The minimum atomic E-state index is -0.170. The average molecular weight is 536 g/mol. The van der Waals surface area contributed by atoms with E-state index in [4.69, 9.17) is 9.72 Å². The van der Waals surface area contributed by atoms with Crippen LogP contribution in [0, 0.1) is 19.8 Å². The fourth-order valence-corrected chi connectivity index (χ4v) is 7.54. The van der Waals surface area contributed by atoms with Gasteiger partial charge in [0.25, 0.3) is 11.5 Å². The van der Waals surface area contributed by atoms with E-state index in [0.29, 0.717) is 28.6 Å². The van der Waals surface area contributed by atoms with Gasteiger partial charge in [0.15, 0.2) is 0 Å². The maximum Gasteiger partial charge on any atom is 0.254 e. The molecule has 202 valence electrons. The zero-order valence-electron chi connectivity index (χ0n) is 22.7. The summed E-state index contributed by atoms with van der Waals surface area (Å²) in [5, 5.41) is 3.89. The van der Waals surface area contributed by atoms with Crippen LogP contribution in [0.2, 0.25) is 0 Å². The van der Waals surface area contributed by atoms with Gasteiger partial charge in [-0.2, -0.15) is 0 Å². The largest absolute Gasteiger partial charge is 0.377 e. The van der Waals surface area contributed by atoms with Crippen LogP contribution in [0.25, 0.3) is 11.0 Å². The van der Waals surface area contributed by atoms with Gasteiger partial charge in [-0.25, -0.2) is 4.98 Å². The Morgan fingerprint density at radius 1 is 1.29 bits per heavy atom. The molecule has 2 N–H and O–H groups in total. The number of hydrogen-bond donors (Lipinski definition) is 2. The Morgan fingerprint density at radius 2 is 2.05 bits per heavy atom. The van der Waals surface area contributed by atoms with Gasteiger partial charge in [-0.3, -0.25) is 14.5 Å². The summed E-state index contributed by atoms with van der Waals surface area (Å²) >= 11 is 1.52. The summed E-state index contributed by atoms with van der Waals surface area (Å²) in [6, 6.07) is 6.75. The van der Waals surface area contributed by atoms with Crippen molar-refractivity contribution in [3.8, 4) is 0 Å². The Balaban J connectivity index is 1.21. The first-order chi connectivity index (χ1) is 18.3. The van der Waals surface area contributed by atoms with Crippen molar-refractivity contribution in [2.24, 2.45) is 5.92 Å². The number of aromatic amines is 1. The number of rotatable bonds is 7. The molecule has 1 spiro atoms. The van der Waals surface area contributed by atoms with Crippen molar-refractivity contribution in [3.05, 3.63) is 57.3 Å². The molecule has 8 nitrogen and oxygen atoms in total. The summed E-state index contributed by atoms with van der Waals surface area (Å²) in [4.78, 5) is 37.3. The van der Waals surface area contributed by atoms with E-state index < -0.39 is 0 Å². The summed E-state index contributed by atoms with van der Waals surface area (Å²) in [6.07, 6.45) is 8.55. The van der Waals surface area contributed by atoms with Crippen LogP contribution in [0.5, 0.6) is 0 Å². The van der Waals surface area contributed by atoms with Crippen molar-refractivity contribution < 1.29 is 9.53 Å². The first-order valence-corrected chi connectivity index (χ1v) is 14.9. The van der Waals surface area contributed by atoms with Crippen molar-refractivity contribution in [3.63, 3.8) is 0 Å². The lowest BCUT2D eigenvalue weighted by Crippen LogP contribution is -2.44. The van der Waals surface area contributed by atoms with Gasteiger partial charge < -0.3 is 19.6 Å². The number of nitrogens with zero attached hydrogens (tertiary/aromatic N) is 3. The lowest BCUT2D eigenvalue weighted by atomic mass is 9.81. The quantitative estimate of drug-likeness (QED) is 0.348. The molecule has 1 aliphatic carbocycles. The summed E-state index contributed by atoms with van der Waals surface area (Å²) in [6.45, 7) is 9.38. The van der Waals surface area contributed by atoms with E-state index in [1.165, 1.54) is 44.0 Å². The summed E-state index contributed by atoms with van der Waals surface area (Å²) in [7, 11) is 0. The molecule has 9 heteroatoms. The topological polar surface area (TPSA) is 92.0 Å². The van der Waals surface area contributed by atoms with Crippen molar-refractivity contribution in [1.29, 1.82) is 0 Å². The summed E-state index contributed by atoms with van der Waals surface area (Å²) in [5.41, 5.74) is 4.07. The molecule has 6 rings (SSSR count). The second-order valence-electron chi connectivity index (χ2n) is 11.4. The minimum Gasteiger partial charge on any atom is -0.377 e. The fraction of sp³-hybridized carbons (Fsp3) is 0.552. The molecule has 3 aliphatic rings. The van der Waals surface area contributed by atoms with Crippen molar-refractivity contribution in [2.45, 2.75) is 75.5 Å². The lowest BCUT2D eigenvalue weighted by molar-refractivity contribution is -0.0389. The third-order valence-corrected chi connectivity index (χ3v) is 9.90. The number of carbonyl (C=O) groups excluding carboxylic acids is 1. The molecule has 2 saturated heterocycles. The maximum absolute atomic E-state index is 13.6. The number of carbonyl (C=O) groups is 1. The third-order valence-electron chi connectivity index (χ3n) is 9.09. The van der Waals surface area contributed by atoms with Crippen LogP contribution in [-0.2, 0) is 11.3 Å². The number of aromatic nitrogens is 3. The Morgan fingerprint density at radius 3 is 2.71 bits per heavy atom. The molecular weight excluding hydrogens is 498 g/mol. The molecular formula is C29H37N5O3S. The second kappa shape index (κ2) is 9.84. The van der Waals surface area contributed by atoms with E-state index in [1.807, 2.05) is 38.3 Å². The zero-order chi connectivity index (χ0) is 26.6. The van der Waals surface area contributed by atoms with E-state index in [-0.39, 0.29) is 24.1 Å². The van der Waals surface area contributed by atoms with Crippen LogP contribution in [0.15, 0.2) is 34.1 Å². The molecule has 38 heavy (non-hydrogen) atoms. The van der Waals surface area contributed by atoms with Gasteiger partial charge in [-0.1, -0.05) is 0 Å². The monoisotopic (exact) mass is 535 g/mol. The lowest BCUT2D eigenvalue weighted by Gasteiger charge is -2.37. The highest BCUT2D eigenvalue weighted by molar-refractivity contribution is 7.98. The second-order valence-corrected chi connectivity index (χ2v) is 12.2. The fourth-order valence-electron chi connectivity index (χ4n) is 6.84. The molecule has 1 saturated carbocycles. The predicted molar refractivity (Wildman–Crippen MR) is 150 cm³/mol. The molecule has 0 aromatic carbocycles. The highest BCUT2D eigenvalue weighted by Crippen LogP contribution is 2.46. The molecule has 5 heterocycles. The van der Waals surface area contributed by atoms with Crippen LogP contribution >= 0.6 is 11.8 Å².